The Morgan fingerprint density at radius 1 is 0.440 bits per heavy atom. The predicted molar refractivity (Wildman–Crippen MR) is 216 cm³/mol. The van der Waals surface area contributed by atoms with E-state index in [1.165, 1.54) is 59.7 Å². The minimum Gasteiger partial charge on any atom is -0.310 e. The summed E-state index contributed by atoms with van der Waals surface area (Å²) in [7, 11) is 0. The molecular weight excluding hydrogens is 625 g/mol. The van der Waals surface area contributed by atoms with Gasteiger partial charge in [-0.25, -0.2) is 0 Å². The maximum absolute atomic E-state index is 2.37. The van der Waals surface area contributed by atoms with Crippen molar-refractivity contribution in [3.05, 3.63) is 188 Å². The Hall–Kier alpha value is -6.03. The lowest BCUT2D eigenvalue weighted by atomic mass is 9.94. The maximum Gasteiger partial charge on any atom is 0.0542 e. The van der Waals surface area contributed by atoms with E-state index >= 15 is 0 Å². The molecule has 3 heteroatoms. The molecule has 0 aliphatic heterocycles. The Labute approximate surface area is 296 Å². The van der Waals surface area contributed by atoms with Gasteiger partial charge < -0.3 is 9.47 Å². The molecule has 0 spiro atoms. The summed E-state index contributed by atoms with van der Waals surface area (Å²) in [6.45, 7) is 0. The molecule has 9 aromatic rings. The van der Waals surface area contributed by atoms with E-state index < -0.39 is 0 Å². The molecule has 0 radical (unpaired) electrons. The molecule has 50 heavy (non-hydrogen) atoms. The van der Waals surface area contributed by atoms with Gasteiger partial charge in [-0.15, -0.1) is 11.8 Å². The summed E-state index contributed by atoms with van der Waals surface area (Å²) in [5.41, 5.74) is 11.9. The van der Waals surface area contributed by atoms with Gasteiger partial charge >= 0.3 is 0 Å². The van der Waals surface area contributed by atoms with Crippen LogP contribution < -0.4 is 4.90 Å². The zero-order valence-corrected chi connectivity index (χ0v) is 28.5. The van der Waals surface area contributed by atoms with Crippen molar-refractivity contribution in [3.63, 3.8) is 0 Å². The Morgan fingerprint density at radius 2 is 1.06 bits per heavy atom. The first-order valence-corrected chi connectivity index (χ1v) is 18.2. The van der Waals surface area contributed by atoms with Gasteiger partial charge in [-0.2, -0.15) is 0 Å². The van der Waals surface area contributed by atoms with Crippen LogP contribution in [0.4, 0.5) is 17.1 Å². The highest BCUT2D eigenvalue weighted by molar-refractivity contribution is 7.99. The van der Waals surface area contributed by atoms with Gasteiger partial charge in [-0.3, -0.25) is 0 Å². The fourth-order valence-corrected chi connectivity index (χ4v) is 8.25. The Morgan fingerprint density at radius 3 is 1.82 bits per heavy atom. The lowest BCUT2D eigenvalue weighted by molar-refractivity contribution is 1.18. The molecule has 0 fully saturated rings. The van der Waals surface area contributed by atoms with Crippen LogP contribution in [-0.4, -0.2) is 10.8 Å². The van der Waals surface area contributed by atoms with Gasteiger partial charge in [0.1, 0.15) is 0 Å². The summed E-state index contributed by atoms with van der Waals surface area (Å²) in [5.74, 6) is 0. The number of thioether (sulfide) groups is 1. The highest BCUT2D eigenvalue weighted by Gasteiger charge is 2.18. The second-order valence-corrected chi connectivity index (χ2v) is 13.3. The van der Waals surface area contributed by atoms with E-state index in [2.05, 4.69) is 204 Å². The van der Waals surface area contributed by atoms with E-state index in [-0.39, 0.29) is 0 Å². The summed E-state index contributed by atoms with van der Waals surface area (Å²) >= 11 is 1.82. The quantitative estimate of drug-likeness (QED) is 0.158. The van der Waals surface area contributed by atoms with Crippen molar-refractivity contribution in [1.82, 2.24) is 4.57 Å². The molecule has 2 nitrogen and oxygen atoms in total. The number of para-hydroxylation sites is 3. The van der Waals surface area contributed by atoms with Crippen LogP contribution >= 0.6 is 11.8 Å². The molecule has 8 aromatic carbocycles. The van der Waals surface area contributed by atoms with Crippen LogP contribution in [0.2, 0.25) is 0 Å². The number of hydrogen-bond acceptors (Lipinski definition) is 2. The molecule has 238 valence electrons. The number of hydrogen-bond donors (Lipinski definition) is 0. The van der Waals surface area contributed by atoms with E-state index in [0.717, 1.165) is 22.7 Å². The summed E-state index contributed by atoms with van der Waals surface area (Å²) < 4.78 is 2.37. The molecule has 1 aromatic heterocycles. The summed E-state index contributed by atoms with van der Waals surface area (Å²) in [4.78, 5) is 3.67. The molecule has 0 bridgehead atoms. The smallest absolute Gasteiger partial charge is 0.0542 e. The number of benzene rings is 8. The predicted octanol–water partition coefficient (Wildman–Crippen LogP) is 13.5. The van der Waals surface area contributed by atoms with Crippen molar-refractivity contribution in [3.8, 4) is 27.9 Å². The van der Waals surface area contributed by atoms with Gasteiger partial charge in [-0.1, -0.05) is 127 Å². The normalized spacial score (nSPS) is 11.4. The SMILES string of the molecule is CSc1c(-c2ccccc2)ccc2cccc(-c3ccc(N(c4ccccc4)c4ccc5c(c4)c4ccccc4n5-c4ccccc4)cc3)c12. The molecule has 0 aliphatic rings. The van der Waals surface area contributed by atoms with Crippen LogP contribution in [0.25, 0.3) is 60.5 Å². The summed E-state index contributed by atoms with van der Waals surface area (Å²) in [6.07, 6.45) is 2.19. The molecule has 0 amide bonds. The van der Waals surface area contributed by atoms with Crippen LogP contribution in [0, 0.1) is 0 Å². The lowest BCUT2D eigenvalue weighted by Crippen LogP contribution is -2.09. The highest BCUT2D eigenvalue weighted by Crippen LogP contribution is 2.43. The van der Waals surface area contributed by atoms with Gasteiger partial charge in [0.15, 0.2) is 0 Å². The van der Waals surface area contributed by atoms with E-state index in [1.54, 1.807) is 0 Å². The Balaban J connectivity index is 1.18. The first-order valence-electron chi connectivity index (χ1n) is 17.0. The van der Waals surface area contributed by atoms with Gasteiger partial charge in [0.25, 0.3) is 0 Å². The molecule has 9 rings (SSSR count). The van der Waals surface area contributed by atoms with E-state index in [9.17, 15) is 0 Å². The fourth-order valence-electron chi connectivity index (χ4n) is 7.41. The van der Waals surface area contributed by atoms with E-state index in [4.69, 9.17) is 0 Å². The second-order valence-electron chi connectivity index (χ2n) is 12.5. The number of rotatable bonds is 7. The van der Waals surface area contributed by atoms with Crippen LogP contribution in [0.15, 0.2) is 193 Å². The average Bonchev–Trinajstić information content (AvgIpc) is 3.52. The maximum atomic E-state index is 2.37. The van der Waals surface area contributed by atoms with Gasteiger partial charge in [0.05, 0.1) is 11.0 Å². The van der Waals surface area contributed by atoms with Gasteiger partial charge in [0.2, 0.25) is 0 Å². The average molecular weight is 659 g/mol. The van der Waals surface area contributed by atoms with Crippen LogP contribution in [0.5, 0.6) is 0 Å². The topological polar surface area (TPSA) is 8.17 Å². The van der Waals surface area contributed by atoms with E-state index in [1.807, 2.05) is 11.8 Å². The minimum atomic E-state index is 1.11. The summed E-state index contributed by atoms with van der Waals surface area (Å²) in [6, 6.07) is 67.9. The lowest BCUT2D eigenvalue weighted by Gasteiger charge is -2.26. The fraction of sp³-hybridized carbons (Fsp3) is 0.0213. The van der Waals surface area contributed by atoms with Crippen molar-refractivity contribution in [1.29, 1.82) is 0 Å². The largest absolute Gasteiger partial charge is 0.310 e. The van der Waals surface area contributed by atoms with Crippen molar-refractivity contribution in [2.45, 2.75) is 4.90 Å². The zero-order valence-electron chi connectivity index (χ0n) is 27.7. The third-order valence-electron chi connectivity index (χ3n) is 9.67. The van der Waals surface area contributed by atoms with Crippen LogP contribution in [-0.2, 0) is 0 Å². The number of fused-ring (bicyclic) bond motifs is 4. The molecule has 0 saturated heterocycles. The van der Waals surface area contributed by atoms with Crippen molar-refractivity contribution < 1.29 is 0 Å². The molecule has 0 aliphatic carbocycles. The van der Waals surface area contributed by atoms with E-state index in [0.29, 0.717) is 0 Å². The van der Waals surface area contributed by atoms with Gasteiger partial charge in [0, 0.05) is 43.8 Å². The van der Waals surface area contributed by atoms with Crippen LogP contribution in [0.1, 0.15) is 0 Å². The van der Waals surface area contributed by atoms with Crippen LogP contribution in [0.3, 0.4) is 0 Å². The number of nitrogens with zero attached hydrogens (tertiary/aromatic N) is 2. The molecule has 0 saturated carbocycles. The number of aromatic nitrogens is 1. The van der Waals surface area contributed by atoms with Crippen molar-refractivity contribution >= 4 is 61.4 Å². The Bertz CT molecular complexity index is 2610. The first-order chi connectivity index (χ1) is 24.8. The molecule has 0 unspecified atom stereocenters. The molecular formula is C47H34N2S. The third-order valence-corrected chi connectivity index (χ3v) is 10.5. The third kappa shape index (κ3) is 5.15. The summed E-state index contributed by atoms with van der Waals surface area (Å²) in [5, 5.41) is 5.03. The van der Waals surface area contributed by atoms with Crippen molar-refractivity contribution in [2.75, 3.05) is 11.2 Å². The standard InChI is InChI=1S/C47H34N2S/c1-50-47-41(33-14-5-2-6-15-33)30-26-35-16-13-22-40(46(35)47)34-24-27-38(28-25-34)48(36-17-7-3-8-18-36)39-29-31-45-43(32-39)42-21-11-12-23-44(42)49(45)37-19-9-4-10-20-37/h2-32H,1H3. The minimum absolute atomic E-state index is 1.11. The molecule has 0 N–H and O–H groups in total. The molecule has 1 heterocycles. The van der Waals surface area contributed by atoms with Gasteiger partial charge in [-0.05, 0) is 94.6 Å². The zero-order chi connectivity index (χ0) is 33.4. The second kappa shape index (κ2) is 12.8. The Kier molecular flexibility index (Phi) is 7.68. The van der Waals surface area contributed by atoms with Crippen molar-refractivity contribution in [2.24, 2.45) is 0 Å². The highest BCUT2D eigenvalue weighted by atomic mass is 32.2. The molecule has 0 atom stereocenters. The first kappa shape index (κ1) is 30.1. The monoisotopic (exact) mass is 658 g/mol. The number of anilines is 3.